The number of pyridine rings is 1. The zero-order valence-corrected chi connectivity index (χ0v) is 13.1. The van der Waals surface area contributed by atoms with Crippen LogP contribution in [0.2, 0.25) is 0 Å². The summed E-state index contributed by atoms with van der Waals surface area (Å²) < 4.78 is 5.67. The molecule has 1 atom stereocenters. The Morgan fingerprint density at radius 3 is 3.05 bits per heavy atom. The molecule has 0 saturated carbocycles. The van der Waals surface area contributed by atoms with Gasteiger partial charge in [-0.2, -0.15) is 0 Å². The van der Waals surface area contributed by atoms with Crippen molar-refractivity contribution in [1.29, 1.82) is 0 Å². The standard InChI is InChI=1S/C16H25N3O2/c1-12(2)21-15-14(8-6-9-17-15)11-18-16(20)19-10-5-4-7-13(19)3/h6,8-9,12-13H,4-5,7,10-11H2,1-3H3,(H,18,20)/t13-/m1/s1. The smallest absolute Gasteiger partial charge is 0.317 e. The lowest BCUT2D eigenvalue weighted by molar-refractivity contribution is 0.157. The van der Waals surface area contributed by atoms with Crippen LogP contribution in [0.3, 0.4) is 0 Å². The Labute approximate surface area is 126 Å². The van der Waals surface area contributed by atoms with Gasteiger partial charge in [-0.05, 0) is 46.1 Å². The van der Waals surface area contributed by atoms with Gasteiger partial charge in [0, 0.05) is 30.9 Å². The van der Waals surface area contributed by atoms with Gasteiger partial charge in [-0.25, -0.2) is 9.78 Å². The van der Waals surface area contributed by atoms with Gasteiger partial charge in [-0.15, -0.1) is 0 Å². The summed E-state index contributed by atoms with van der Waals surface area (Å²) in [6, 6.07) is 4.11. The number of ether oxygens (including phenoxy) is 1. The van der Waals surface area contributed by atoms with E-state index in [2.05, 4.69) is 17.2 Å². The van der Waals surface area contributed by atoms with E-state index in [-0.39, 0.29) is 12.1 Å². The largest absolute Gasteiger partial charge is 0.475 e. The molecule has 5 heteroatoms. The van der Waals surface area contributed by atoms with Crippen LogP contribution in [-0.4, -0.2) is 34.6 Å². The van der Waals surface area contributed by atoms with E-state index in [1.807, 2.05) is 30.9 Å². The zero-order valence-electron chi connectivity index (χ0n) is 13.1. The van der Waals surface area contributed by atoms with Crippen LogP contribution in [0.1, 0.15) is 45.6 Å². The van der Waals surface area contributed by atoms with Crippen LogP contribution in [-0.2, 0) is 6.54 Å². The molecular weight excluding hydrogens is 266 g/mol. The summed E-state index contributed by atoms with van der Waals surface area (Å²) >= 11 is 0. The van der Waals surface area contributed by atoms with Crippen LogP contribution in [0.25, 0.3) is 0 Å². The summed E-state index contributed by atoms with van der Waals surface area (Å²) in [7, 11) is 0. The maximum Gasteiger partial charge on any atom is 0.317 e. The number of nitrogens with one attached hydrogen (secondary N) is 1. The first-order valence-electron chi connectivity index (χ1n) is 7.73. The molecule has 2 rings (SSSR count). The molecule has 0 radical (unpaired) electrons. The summed E-state index contributed by atoms with van der Waals surface area (Å²) in [5.74, 6) is 0.597. The molecule has 1 aliphatic rings. The summed E-state index contributed by atoms with van der Waals surface area (Å²) in [5, 5.41) is 2.98. The fourth-order valence-corrected chi connectivity index (χ4v) is 2.56. The molecule has 0 spiro atoms. The highest BCUT2D eigenvalue weighted by Crippen LogP contribution is 2.18. The fourth-order valence-electron chi connectivity index (χ4n) is 2.56. The van der Waals surface area contributed by atoms with E-state index in [0.717, 1.165) is 24.9 Å². The van der Waals surface area contributed by atoms with Crippen molar-refractivity contribution in [2.24, 2.45) is 0 Å². The first kappa shape index (κ1) is 15.6. The molecule has 1 saturated heterocycles. The quantitative estimate of drug-likeness (QED) is 0.928. The van der Waals surface area contributed by atoms with Crippen molar-refractivity contribution >= 4 is 6.03 Å². The lowest BCUT2D eigenvalue weighted by Gasteiger charge is -2.33. The molecule has 1 fully saturated rings. The number of nitrogens with zero attached hydrogens (tertiary/aromatic N) is 2. The molecular formula is C16H25N3O2. The van der Waals surface area contributed by atoms with E-state index in [0.29, 0.717) is 18.5 Å². The molecule has 1 aromatic rings. The molecule has 0 aromatic carbocycles. The number of rotatable bonds is 4. The Morgan fingerprint density at radius 2 is 2.33 bits per heavy atom. The molecule has 116 valence electrons. The van der Waals surface area contributed by atoms with Gasteiger partial charge >= 0.3 is 6.03 Å². The zero-order chi connectivity index (χ0) is 15.2. The molecule has 5 nitrogen and oxygen atoms in total. The molecule has 2 heterocycles. The molecule has 0 bridgehead atoms. The van der Waals surface area contributed by atoms with Gasteiger partial charge in [0.2, 0.25) is 5.88 Å². The van der Waals surface area contributed by atoms with E-state index >= 15 is 0 Å². The molecule has 1 aromatic heterocycles. The molecule has 0 aliphatic carbocycles. The van der Waals surface area contributed by atoms with E-state index in [1.165, 1.54) is 6.42 Å². The predicted molar refractivity (Wildman–Crippen MR) is 82.3 cm³/mol. The Kier molecular flexibility index (Phi) is 5.42. The second-order valence-electron chi connectivity index (χ2n) is 5.83. The molecule has 0 unspecified atom stereocenters. The third-order valence-electron chi connectivity index (χ3n) is 3.69. The van der Waals surface area contributed by atoms with E-state index in [1.54, 1.807) is 6.20 Å². The summed E-state index contributed by atoms with van der Waals surface area (Å²) in [6.45, 7) is 7.32. The minimum atomic E-state index is 0.00144. The number of hydrogen-bond acceptors (Lipinski definition) is 3. The van der Waals surface area contributed by atoms with Gasteiger partial charge in [0.25, 0.3) is 0 Å². The molecule has 1 N–H and O–H groups in total. The van der Waals surface area contributed by atoms with Crippen LogP contribution in [0.5, 0.6) is 5.88 Å². The third-order valence-corrected chi connectivity index (χ3v) is 3.69. The maximum atomic E-state index is 12.3. The van der Waals surface area contributed by atoms with Gasteiger partial charge in [0.15, 0.2) is 0 Å². The third kappa shape index (κ3) is 4.34. The predicted octanol–water partition coefficient (Wildman–Crippen LogP) is 2.95. The summed E-state index contributed by atoms with van der Waals surface area (Å²) in [4.78, 5) is 18.4. The van der Waals surface area contributed by atoms with Crippen molar-refractivity contribution in [1.82, 2.24) is 15.2 Å². The lowest BCUT2D eigenvalue weighted by Crippen LogP contribution is -2.47. The average Bonchev–Trinajstić information content (AvgIpc) is 2.46. The minimum absolute atomic E-state index is 0.00144. The number of piperidine rings is 1. The van der Waals surface area contributed by atoms with E-state index < -0.39 is 0 Å². The van der Waals surface area contributed by atoms with Crippen molar-refractivity contribution in [2.45, 2.75) is 58.7 Å². The SMILES string of the molecule is CC(C)Oc1ncccc1CNC(=O)N1CCCC[C@H]1C. The van der Waals surface area contributed by atoms with Crippen molar-refractivity contribution in [3.8, 4) is 5.88 Å². The van der Waals surface area contributed by atoms with Gasteiger partial charge < -0.3 is 15.0 Å². The number of urea groups is 1. The van der Waals surface area contributed by atoms with Crippen molar-refractivity contribution in [3.63, 3.8) is 0 Å². The second kappa shape index (κ2) is 7.29. The molecule has 1 aliphatic heterocycles. The van der Waals surface area contributed by atoms with Gasteiger partial charge in [-0.3, -0.25) is 0 Å². The first-order chi connectivity index (χ1) is 10.1. The highest BCUT2D eigenvalue weighted by molar-refractivity contribution is 5.74. The number of hydrogen-bond donors (Lipinski definition) is 1. The van der Waals surface area contributed by atoms with Gasteiger partial charge in [-0.1, -0.05) is 6.07 Å². The maximum absolute atomic E-state index is 12.3. The Bertz CT molecular complexity index is 476. The van der Waals surface area contributed by atoms with Crippen LogP contribution < -0.4 is 10.1 Å². The normalized spacial score (nSPS) is 18.7. The molecule has 2 amide bonds. The summed E-state index contributed by atoms with van der Waals surface area (Å²) in [5.41, 5.74) is 0.907. The Hall–Kier alpha value is -1.78. The van der Waals surface area contributed by atoms with Crippen LogP contribution >= 0.6 is 0 Å². The number of likely N-dealkylation sites (tertiary alicyclic amines) is 1. The Balaban J connectivity index is 1.94. The first-order valence-corrected chi connectivity index (χ1v) is 7.73. The van der Waals surface area contributed by atoms with Gasteiger partial charge in [0.05, 0.1) is 6.10 Å². The number of amides is 2. The second-order valence-corrected chi connectivity index (χ2v) is 5.83. The highest BCUT2D eigenvalue weighted by atomic mass is 16.5. The van der Waals surface area contributed by atoms with Crippen LogP contribution in [0.15, 0.2) is 18.3 Å². The number of carbonyl (C=O) groups excluding carboxylic acids is 1. The monoisotopic (exact) mass is 291 g/mol. The van der Waals surface area contributed by atoms with Crippen molar-refractivity contribution in [3.05, 3.63) is 23.9 Å². The summed E-state index contributed by atoms with van der Waals surface area (Å²) in [6.07, 6.45) is 5.15. The average molecular weight is 291 g/mol. The minimum Gasteiger partial charge on any atom is -0.475 e. The van der Waals surface area contributed by atoms with Crippen molar-refractivity contribution in [2.75, 3.05) is 6.54 Å². The topological polar surface area (TPSA) is 54.5 Å². The van der Waals surface area contributed by atoms with E-state index in [9.17, 15) is 4.79 Å². The van der Waals surface area contributed by atoms with Crippen molar-refractivity contribution < 1.29 is 9.53 Å². The Morgan fingerprint density at radius 1 is 1.52 bits per heavy atom. The number of aromatic nitrogens is 1. The van der Waals surface area contributed by atoms with Crippen LogP contribution in [0.4, 0.5) is 4.79 Å². The number of carbonyl (C=O) groups is 1. The lowest BCUT2D eigenvalue weighted by atomic mass is 10.0. The highest BCUT2D eigenvalue weighted by Gasteiger charge is 2.23. The van der Waals surface area contributed by atoms with Gasteiger partial charge in [0.1, 0.15) is 0 Å². The van der Waals surface area contributed by atoms with E-state index in [4.69, 9.17) is 4.74 Å². The van der Waals surface area contributed by atoms with Crippen LogP contribution in [0, 0.1) is 0 Å². The molecule has 21 heavy (non-hydrogen) atoms. The fraction of sp³-hybridized carbons (Fsp3) is 0.625.